The number of hydrogen-bond acceptors (Lipinski definition) is 5. The lowest BCUT2D eigenvalue weighted by atomic mass is 10.1. The minimum absolute atomic E-state index is 0.00264. The number of aryl methyl sites for hydroxylation is 1. The summed E-state index contributed by atoms with van der Waals surface area (Å²) in [7, 11) is 1.16. The Labute approximate surface area is 191 Å². The second-order valence-electron chi connectivity index (χ2n) is 7.10. The van der Waals surface area contributed by atoms with Gasteiger partial charge in [0, 0.05) is 11.3 Å². The predicted octanol–water partition coefficient (Wildman–Crippen LogP) is 5.67. The molecule has 0 aliphatic carbocycles. The zero-order valence-electron chi connectivity index (χ0n) is 17.8. The summed E-state index contributed by atoms with van der Waals surface area (Å²) in [5, 5.41) is 5.12. The van der Waals surface area contributed by atoms with Gasteiger partial charge in [0.1, 0.15) is 5.00 Å². The molecule has 172 valence electrons. The summed E-state index contributed by atoms with van der Waals surface area (Å²) in [6, 6.07) is 10.9. The van der Waals surface area contributed by atoms with E-state index in [1.165, 1.54) is 19.1 Å². The summed E-state index contributed by atoms with van der Waals surface area (Å²) in [6.45, 7) is 3.36. The molecule has 2 amide bonds. The second-order valence-corrected chi connectivity index (χ2v) is 8.13. The van der Waals surface area contributed by atoms with E-state index in [-0.39, 0.29) is 26.7 Å². The lowest BCUT2D eigenvalue weighted by Crippen LogP contribution is -2.14. The maximum atomic E-state index is 13.0. The van der Waals surface area contributed by atoms with E-state index in [1.807, 2.05) is 6.92 Å². The quantitative estimate of drug-likeness (QED) is 0.465. The lowest BCUT2D eigenvalue weighted by Gasteiger charge is -2.09. The van der Waals surface area contributed by atoms with Gasteiger partial charge in [-0.1, -0.05) is 23.8 Å². The fourth-order valence-corrected chi connectivity index (χ4v) is 4.09. The second kappa shape index (κ2) is 9.45. The topological polar surface area (TPSA) is 84.5 Å². The Kier molecular flexibility index (Phi) is 6.87. The van der Waals surface area contributed by atoms with Crippen molar-refractivity contribution in [3.8, 4) is 0 Å². The third kappa shape index (κ3) is 5.40. The molecule has 10 heteroatoms. The molecule has 1 heterocycles. The average molecular weight is 476 g/mol. The number of carbonyl (C=O) groups excluding carboxylic acids is 3. The normalized spacial score (nSPS) is 11.1. The molecule has 3 rings (SSSR count). The third-order valence-electron chi connectivity index (χ3n) is 4.73. The summed E-state index contributed by atoms with van der Waals surface area (Å²) in [6.07, 6.45) is -4.56. The third-order valence-corrected chi connectivity index (χ3v) is 5.94. The molecule has 2 N–H and O–H groups in total. The van der Waals surface area contributed by atoms with Gasteiger partial charge < -0.3 is 15.4 Å². The highest BCUT2D eigenvalue weighted by Gasteiger charge is 2.31. The van der Waals surface area contributed by atoms with Crippen LogP contribution in [-0.4, -0.2) is 24.9 Å². The van der Waals surface area contributed by atoms with Crippen LogP contribution in [-0.2, 0) is 10.9 Å². The minimum Gasteiger partial charge on any atom is -0.465 e. The van der Waals surface area contributed by atoms with Crippen LogP contribution in [0.15, 0.2) is 48.5 Å². The van der Waals surface area contributed by atoms with Gasteiger partial charge in [-0.05, 0) is 49.7 Å². The fraction of sp³-hybridized carbons (Fsp3) is 0.174. The van der Waals surface area contributed by atoms with Gasteiger partial charge in [-0.15, -0.1) is 11.3 Å². The highest BCUT2D eigenvalue weighted by Crippen LogP contribution is 2.35. The van der Waals surface area contributed by atoms with E-state index in [2.05, 4.69) is 10.6 Å². The zero-order chi connectivity index (χ0) is 24.3. The fourth-order valence-electron chi connectivity index (χ4n) is 3.01. The number of thiophene rings is 1. The molecule has 0 radical (unpaired) electrons. The molecule has 1 aromatic heterocycles. The summed E-state index contributed by atoms with van der Waals surface area (Å²) in [4.78, 5) is 37.8. The van der Waals surface area contributed by atoms with Gasteiger partial charge in [-0.25, -0.2) is 4.79 Å². The van der Waals surface area contributed by atoms with Crippen LogP contribution < -0.4 is 10.6 Å². The van der Waals surface area contributed by atoms with Crippen molar-refractivity contribution in [2.45, 2.75) is 20.0 Å². The van der Waals surface area contributed by atoms with Crippen LogP contribution in [0.4, 0.5) is 23.9 Å². The number of hydrogen-bond donors (Lipinski definition) is 2. The van der Waals surface area contributed by atoms with Crippen molar-refractivity contribution in [1.29, 1.82) is 0 Å². The largest absolute Gasteiger partial charge is 0.465 e. The van der Waals surface area contributed by atoms with Gasteiger partial charge >= 0.3 is 12.1 Å². The number of benzene rings is 2. The molecule has 0 unspecified atom stereocenters. The number of esters is 1. The van der Waals surface area contributed by atoms with Gasteiger partial charge in [0.2, 0.25) is 0 Å². The van der Waals surface area contributed by atoms with Crippen LogP contribution in [0.2, 0.25) is 0 Å². The molecule has 0 aliphatic rings. The molecular weight excluding hydrogens is 457 g/mol. The SMILES string of the molecule is COC(=O)c1c(NC(=O)c2ccc(C)cc2)sc(C(=O)Nc2cccc(C(F)(F)F)c2)c1C. The maximum Gasteiger partial charge on any atom is 0.416 e. The van der Waals surface area contributed by atoms with Crippen molar-refractivity contribution in [3.63, 3.8) is 0 Å². The molecule has 0 aliphatic heterocycles. The predicted molar refractivity (Wildman–Crippen MR) is 119 cm³/mol. The highest BCUT2D eigenvalue weighted by molar-refractivity contribution is 7.19. The smallest absolute Gasteiger partial charge is 0.416 e. The molecule has 0 bridgehead atoms. The van der Waals surface area contributed by atoms with Gasteiger partial charge in [0.25, 0.3) is 11.8 Å². The summed E-state index contributed by atoms with van der Waals surface area (Å²) < 4.78 is 43.7. The van der Waals surface area contributed by atoms with Crippen molar-refractivity contribution in [2.75, 3.05) is 17.7 Å². The molecule has 6 nitrogen and oxygen atoms in total. The molecule has 33 heavy (non-hydrogen) atoms. The van der Waals surface area contributed by atoms with E-state index in [4.69, 9.17) is 4.74 Å². The maximum absolute atomic E-state index is 13.0. The van der Waals surface area contributed by atoms with E-state index in [9.17, 15) is 27.6 Å². The number of ether oxygens (including phenoxy) is 1. The number of alkyl halides is 3. The average Bonchev–Trinajstić information content (AvgIpc) is 3.09. The van der Waals surface area contributed by atoms with Crippen molar-refractivity contribution in [1.82, 2.24) is 0 Å². The van der Waals surface area contributed by atoms with Crippen LogP contribution in [0.3, 0.4) is 0 Å². The Morgan fingerprint density at radius 2 is 1.61 bits per heavy atom. The van der Waals surface area contributed by atoms with E-state index in [1.54, 1.807) is 24.3 Å². The van der Waals surface area contributed by atoms with Gasteiger partial charge in [0.05, 0.1) is 23.1 Å². The first-order chi connectivity index (χ1) is 15.5. The number of nitrogens with one attached hydrogen (secondary N) is 2. The number of methoxy groups -OCH3 is 1. The summed E-state index contributed by atoms with van der Waals surface area (Å²) >= 11 is 0.826. The van der Waals surface area contributed by atoms with E-state index in [0.29, 0.717) is 5.56 Å². The first-order valence-corrected chi connectivity index (χ1v) is 10.4. The highest BCUT2D eigenvalue weighted by atomic mass is 32.1. The first-order valence-electron chi connectivity index (χ1n) is 9.59. The van der Waals surface area contributed by atoms with Crippen molar-refractivity contribution in [2.24, 2.45) is 0 Å². The number of carbonyl (C=O) groups is 3. The Morgan fingerprint density at radius 1 is 0.939 bits per heavy atom. The van der Waals surface area contributed by atoms with Crippen molar-refractivity contribution < 1.29 is 32.3 Å². The van der Waals surface area contributed by atoms with Gasteiger partial charge in [-0.3, -0.25) is 9.59 Å². The molecule has 0 fully saturated rings. The van der Waals surface area contributed by atoms with Crippen LogP contribution in [0.5, 0.6) is 0 Å². The van der Waals surface area contributed by atoms with Crippen LogP contribution >= 0.6 is 11.3 Å². The molecule has 0 saturated heterocycles. The number of rotatable bonds is 5. The number of amides is 2. The zero-order valence-corrected chi connectivity index (χ0v) is 18.6. The van der Waals surface area contributed by atoms with E-state index in [0.717, 1.165) is 36.1 Å². The van der Waals surface area contributed by atoms with Crippen molar-refractivity contribution in [3.05, 3.63) is 81.2 Å². The molecule has 3 aromatic rings. The molecular formula is C23H19F3N2O4S. The Hall–Kier alpha value is -3.66. The van der Waals surface area contributed by atoms with Gasteiger partial charge in [0.15, 0.2) is 0 Å². The standard InChI is InChI=1S/C23H19F3N2O4S/c1-12-7-9-14(10-8-12)19(29)28-21-17(22(31)32-3)13(2)18(33-21)20(30)27-16-6-4-5-15(11-16)23(24,25)26/h4-11H,1-3H3,(H,27,30)(H,28,29). The molecule has 0 spiro atoms. The monoisotopic (exact) mass is 476 g/mol. The first kappa shape index (κ1) is 24.0. The van der Waals surface area contributed by atoms with E-state index < -0.39 is 29.5 Å². The molecule has 2 aromatic carbocycles. The minimum atomic E-state index is -4.56. The van der Waals surface area contributed by atoms with Crippen molar-refractivity contribution >= 4 is 39.8 Å². The lowest BCUT2D eigenvalue weighted by molar-refractivity contribution is -0.137. The Balaban J connectivity index is 1.92. The molecule has 0 atom stereocenters. The summed E-state index contributed by atoms with van der Waals surface area (Å²) in [5.74, 6) is -1.98. The summed E-state index contributed by atoms with van der Waals surface area (Å²) in [5.41, 5.74) is 0.560. The Morgan fingerprint density at radius 3 is 2.21 bits per heavy atom. The van der Waals surface area contributed by atoms with E-state index >= 15 is 0 Å². The number of anilines is 2. The van der Waals surface area contributed by atoms with Crippen LogP contribution in [0, 0.1) is 13.8 Å². The van der Waals surface area contributed by atoms with Crippen LogP contribution in [0.1, 0.15) is 47.1 Å². The number of halogens is 3. The van der Waals surface area contributed by atoms with Crippen LogP contribution in [0.25, 0.3) is 0 Å². The van der Waals surface area contributed by atoms with Gasteiger partial charge in [-0.2, -0.15) is 13.2 Å². The Bertz CT molecular complexity index is 1220. The molecule has 0 saturated carbocycles.